The van der Waals surface area contributed by atoms with Crippen molar-refractivity contribution in [1.29, 1.82) is 0 Å². The monoisotopic (exact) mass is 316 g/mol. The molecular formula is C16H13FN2O4. The first-order valence-electron chi connectivity index (χ1n) is 6.88. The van der Waals surface area contributed by atoms with E-state index in [1.165, 1.54) is 12.1 Å². The van der Waals surface area contributed by atoms with Crippen molar-refractivity contribution in [3.63, 3.8) is 0 Å². The van der Waals surface area contributed by atoms with Crippen molar-refractivity contribution in [3.05, 3.63) is 59.9 Å². The molecule has 2 N–H and O–H groups in total. The topological polar surface area (TPSA) is 76.7 Å². The number of carbonyl (C=O) groups excluding carboxylic acids is 2. The van der Waals surface area contributed by atoms with Crippen LogP contribution in [0.2, 0.25) is 0 Å². The Morgan fingerprint density at radius 3 is 2.43 bits per heavy atom. The fourth-order valence-electron chi connectivity index (χ4n) is 2.02. The van der Waals surface area contributed by atoms with Crippen LogP contribution in [0.25, 0.3) is 0 Å². The molecule has 7 heteroatoms. The van der Waals surface area contributed by atoms with Crippen molar-refractivity contribution in [2.75, 3.05) is 6.61 Å². The second-order valence-electron chi connectivity index (χ2n) is 4.81. The van der Waals surface area contributed by atoms with Crippen LogP contribution in [0, 0.1) is 5.82 Å². The number of amides is 2. The van der Waals surface area contributed by atoms with Crippen LogP contribution in [-0.2, 0) is 4.79 Å². The minimum atomic E-state index is -0.876. The molecule has 0 radical (unpaired) electrons. The summed E-state index contributed by atoms with van der Waals surface area (Å²) in [6.45, 7) is 0.0370. The third-order valence-corrected chi connectivity index (χ3v) is 3.21. The second kappa shape index (κ2) is 6.35. The number of para-hydroxylation sites is 2. The molecule has 1 heterocycles. The van der Waals surface area contributed by atoms with Crippen molar-refractivity contribution in [2.45, 2.75) is 6.10 Å². The molecule has 2 aromatic carbocycles. The van der Waals surface area contributed by atoms with Crippen LogP contribution in [-0.4, -0.2) is 24.5 Å². The molecule has 0 fully saturated rings. The van der Waals surface area contributed by atoms with Gasteiger partial charge in [-0.15, -0.1) is 0 Å². The molecule has 118 valence electrons. The predicted octanol–water partition coefficient (Wildman–Crippen LogP) is 1.43. The molecular weight excluding hydrogens is 303 g/mol. The fourth-order valence-corrected chi connectivity index (χ4v) is 2.02. The standard InChI is InChI=1S/C16H13FN2O4/c17-11-7-5-10(6-8-11)15(20)18-19-16(21)14-9-22-12-3-1-2-4-13(12)23-14/h1-8,14H,9H2,(H,18,20)(H,19,21)/t14-/m1/s1. The Balaban J connectivity index is 1.56. The summed E-state index contributed by atoms with van der Waals surface area (Å²) in [5.41, 5.74) is 4.72. The number of ether oxygens (including phenoxy) is 2. The van der Waals surface area contributed by atoms with Gasteiger partial charge in [0.25, 0.3) is 11.8 Å². The van der Waals surface area contributed by atoms with Gasteiger partial charge in [-0.3, -0.25) is 20.4 Å². The number of hydrogen-bond donors (Lipinski definition) is 2. The third kappa shape index (κ3) is 3.39. The average Bonchev–Trinajstić information content (AvgIpc) is 2.59. The van der Waals surface area contributed by atoms with Gasteiger partial charge in [0.1, 0.15) is 12.4 Å². The van der Waals surface area contributed by atoms with E-state index in [0.29, 0.717) is 11.5 Å². The second-order valence-corrected chi connectivity index (χ2v) is 4.81. The molecule has 0 saturated carbocycles. The van der Waals surface area contributed by atoms with Crippen molar-refractivity contribution < 1.29 is 23.5 Å². The van der Waals surface area contributed by atoms with Gasteiger partial charge >= 0.3 is 0 Å². The number of hydrazine groups is 1. The highest BCUT2D eigenvalue weighted by molar-refractivity contribution is 5.95. The SMILES string of the molecule is O=C(NNC(=O)[C@H]1COc2ccccc2O1)c1ccc(F)cc1. The molecule has 0 aromatic heterocycles. The summed E-state index contributed by atoms with van der Waals surface area (Å²) in [5.74, 6) is -0.530. The molecule has 2 amide bonds. The van der Waals surface area contributed by atoms with Gasteiger partial charge in [-0.2, -0.15) is 0 Å². The number of halogens is 1. The number of nitrogens with one attached hydrogen (secondary N) is 2. The Bertz CT molecular complexity index is 733. The fraction of sp³-hybridized carbons (Fsp3) is 0.125. The van der Waals surface area contributed by atoms with Crippen LogP contribution in [0.15, 0.2) is 48.5 Å². The van der Waals surface area contributed by atoms with Crippen LogP contribution in [0.1, 0.15) is 10.4 Å². The molecule has 0 aliphatic carbocycles. The van der Waals surface area contributed by atoms with Crippen LogP contribution in [0.5, 0.6) is 11.5 Å². The van der Waals surface area contributed by atoms with E-state index in [-0.39, 0.29) is 12.2 Å². The van der Waals surface area contributed by atoms with Gasteiger partial charge < -0.3 is 9.47 Å². The quantitative estimate of drug-likeness (QED) is 0.822. The van der Waals surface area contributed by atoms with E-state index in [0.717, 1.165) is 12.1 Å². The molecule has 0 unspecified atom stereocenters. The lowest BCUT2D eigenvalue weighted by atomic mass is 10.2. The molecule has 1 aliphatic rings. The maximum Gasteiger partial charge on any atom is 0.283 e. The third-order valence-electron chi connectivity index (χ3n) is 3.21. The van der Waals surface area contributed by atoms with Gasteiger partial charge in [0.2, 0.25) is 6.10 Å². The van der Waals surface area contributed by atoms with Crippen LogP contribution in [0.4, 0.5) is 4.39 Å². The van der Waals surface area contributed by atoms with Gasteiger partial charge in [-0.1, -0.05) is 12.1 Å². The lowest BCUT2D eigenvalue weighted by Crippen LogP contribution is -2.50. The van der Waals surface area contributed by atoms with E-state index in [1.54, 1.807) is 24.3 Å². The van der Waals surface area contributed by atoms with Gasteiger partial charge in [-0.05, 0) is 36.4 Å². The Morgan fingerprint density at radius 2 is 1.70 bits per heavy atom. The first-order valence-corrected chi connectivity index (χ1v) is 6.88. The largest absolute Gasteiger partial charge is 0.485 e. The lowest BCUT2D eigenvalue weighted by molar-refractivity contribution is -0.131. The molecule has 6 nitrogen and oxygen atoms in total. The summed E-state index contributed by atoms with van der Waals surface area (Å²) >= 11 is 0. The normalized spacial score (nSPS) is 15.6. The van der Waals surface area contributed by atoms with E-state index in [4.69, 9.17) is 9.47 Å². The maximum absolute atomic E-state index is 12.8. The van der Waals surface area contributed by atoms with E-state index < -0.39 is 23.7 Å². The summed E-state index contributed by atoms with van der Waals surface area (Å²) in [6.07, 6.45) is -0.876. The van der Waals surface area contributed by atoms with Gasteiger partial charge in [0.05, 0.1) is 0 Å². The molecule has 0 spiro atoms. The lowest BCUT2D eigenvalue weighted by Gasteiger charge is -2.25. The van der Waals surface area contributed by atoms with E-state index >= 15 is 0 Å². The Kier molecular flexibility index (Phi) is 4.09. The number of benzene rings is 2. The van der Waals surface area contributed by atoms with Gasteiger partial charge in [0.15, 0.2) is 11.5 Å². The van der Waals surface area contributed by atoms with Crippen molar-refractivity contribution in [2.24, 2.45) is 0 Å². The zero-order valence-electron chi connectivity index (χ0n) is 11.9. The summed E-state index contributed by atoms with van der Waals surface area (Å²) in [7, 11) is 0. The van der Waals surface area contributed by atoms with E-state index in [9.17, 15) is 14.0 Å². The predicted molar refractivity (Wildman–Crippen MR) is 78.4 cm³/mol. The summed E-state index contributed by atoms with van der Waals surface area (Å²) in [5, 5.41) is 0. The zero-order valence-corrected chi connectivity index (χ0v) is 11.9. The van der Waals surface area contributed by atoms with Crippen molar-refractivity contribution >= 4 is 11.8 Å². The summed E-state index contributed by atoms with van der Waals surface area (Å²) in [4.78, 5) is 23.8. The van der Waals surface area contributed by atoms with Crippen molar-refractivity contribution in [3.8, 4) is 11.5 Å². The summed E-state index contributed by atoms with van der Waals surface area (Å²) < 4.78 is 23.7. The molecule has 0 bridgehead atoms. The minimum Gasteiger partial charge on any atom is -0.485 e. The Hall–Kier alpha value is -3.09. The maximum atomic E-state index is 12.8. The number of carbonyl (C=O) groups is 2. The molecule has 2 aromatic rings. The average molecular weight is 316 g/mol. The number of fused-ring (bicyclic) bond motifs is 1. The molecule has 0 saturated heterocycles. The smallest absolute Gasteiger partial charge is 0.283 e. The summed E-state index contributed by atoms with van der Waals surface area (Å²) in [6, 6.07) is 11.9. The number of rotatable bonds is 2. The highest BCUT2D eigenvalue weighted by atomic mass is 19.1. The van der Waals surface area contributed by atoms with Gasteiger partial charge in [0, 0.05) is 5.56 Å². The Labute approximate surface area is 131 Å². The highest BCUT2D eigenvalue weighted by Gasteiger charge is 2.27. The minimum absolute atomic E-state index is 0.0370. The molecule has 1 atom stereocenters. The van der Waals surface area contributed by atoms with Crippen LogP contribution < -0.4 is 20.3 Å². The first-order chi connectivity index (χ1) is 11.1. The van der Waals surface area contributed by atoms with E-state index in [1.807, 2.05) is 0 Å². The highest BCUT2D eigenvalue weighted by Crippen LogP contribution is 2.30. The number of hydrogen-bond acceptors (Lipinski definition) is 4. The zero-order chi connectivity index (χ0) is 16.2. The van der Waals surface area contributed by atoms with E-state index in [2.05, 4.69) is 10.9 Å². The molecule has 3 rings (SSSR count). The van der Waals surface area contributed by atoms with Crippen LogP contribution in [0.3, 0.4) is 0 Å². The Morgan fingerprint density at radius 1 is 1.00 bits per heavy atom. The van der Waals surface area contributed by atoms with Gasteiger partial charge in [-0.25, -0.2) is 4.39 Å². The molecule has 23 heavy (non-hydrogen) atoms. The van der Waals surface area contributed by atoms with Crippen LogP contribution >= 0.6 is 0 Å². The molecule has 1 aliphatic heterocycles. The first kappa shape index (κ1) is 14.8. The van der Waals surface area contributed by atoms with Crippen molar-refractivity contribution in [1.82, 2.24) is 10.9 Å².